The Balaban J connectivity index is 1.95. The molecule has 2 rings (SSSR count). The van der Waals surface area contributed by atoms with Gasteiger partial charge in [-0.3, -0.25) is 0 Å². The van der Waals surface area contributed by atoms with Gasteiger partial charge in [-0.1, -0.05) is 25.7 Å². The Morgan fingerprint density at radius 3 is 2.73 bits per heavy atom. The molecule has 0 aromatic carbocycles. The van der Waals surface area contributed by atoms with Crippen LogP contribution >= 0.6 is 27.3 Å². The first kappa shape index (κ1) is 11.6. The first-order valence-electron chi connectivity index (χ1n) is 5.63. The van der Waals surface area contributed by atoms with Gasteiger partial charge in [0, 0.05) is 21.3 Å². The van der Waals surface area contributed by atoms with Crippen LogP contribution in [0.15, 0.2) is 15.9 Å². The number of aliphatic hydroxyl groups excluding tert-OH is 1. The summed E-state index contributed by atoms with van der Waals surface area (Å²) in [6.45, 7) is 0.347. The molecular formula is C12H17BrOS. The van der Waals surface area contributed by atoms with Crippen LogP contribution in [0, 0.1) is 11.8 Å². The second kappa shape index (κ2) is 5.46. The van der Waals surface area contributed by atoms with Crippen molar-refractivity contribution in [1.82, 2.24) is 0 Å². The van der Waals surface area contributed by atoms with Gasteiger partial charge in [0.1, 0.15) is 0 Å². The van der Waals surface area contributed by atoms with E-state index in [0.717, 1.165) is 12.3 Å². The van der Waals surface area contributed by atoms with Crippen molar-refractivity contribution in [3.8, 4) is 0 Å². The zero-order valence-corrected chi connectivity index (χ0v) is 11.2. The van der Waals surface area contributed by atoms with Crippen molar-refractivity contribution in [2.45, 2.75) is 32.1 Å². The fraction of sp³-hybridized carbons (Fsp3) is 0.667. The fourth-order valence-electron chi connectivity index (χ4n) is 2.53. The lowest BCUT2D eigenvalue weighted by molar-refractivity contribution is 0.176. The summed E-state index contributed by atoms with van der Waals surface area (Å²) < 4.78 is 1.17. The molecule has 1 saturated carbocycles. The summed E-state index contributed by atoms with van der Waals surface area (Å²) >= 11 is 5.27. The minimum atomic E-state index is 0.347. The number of hydrogen-bond acceptors (Lipinski definition) is 2. The monoisotopic (exact) mass is 288 g/mol. The van der Waals surface area contributed by atoms with Crippen molar-refractivity contribution in [3.05, 3.63) is 20.8 Å². The fourth-order valence-corrected chi connectivity index (χ4v) is 4.07. The average Bonchev–Trinajstić information content (AvgIpc) is 2.85. The Morgan fingerprint density at radius 2 is 2.20 bits per heavy atom. The standard InChI is InChI=1S/C12H17BrOS/c13-11-6-12(15-8-11)5-10(7-14)9-3-1-2-4-9/h6,8-10,14H,1-5,7H2. The zero-order valence-electron chi connectivity index (χ0n) is 8.79. The molecule has 0 saturated heterocycles. The molecule has 1 atom stereocenters. The van der Waals surface area contributed by atoms with Crippen molar-refractivity contribution in [3.63, 3.8) is 0 Å². The molecule has 1 aromatic rings. The molecule has 1 aliphatic rings. The topological polar surface area (TPSA) is 20.2 Å². The van der Waals surface area contributed by atoms with Gasteiger partial charge in [0.05, 0.1) is 0 Å². The first-order valence-corrected chi connectivity index (χ1v) is 7.30. The van der Waals surface area contributed by atoms with E-state index < -0.39 is 0 Å². The Kier molecular flexibility index (Phi) is 4.23. The van der Waals surface area contributed by atoms with Gasteiger partial charge in [0.2, 0.25) is 0 Å². The molecule has 1 unspecified atom stereocenters. The summed E-state index contributed by atoms with van der Waals surface area (Å²) in [7, 11) is 0. The maximum atomic E-state index is 9.45. The highest BCUT2D eigenvalue weighted by Gasteiger charge is 2.24. The minimum absolute atomic E-state index is 0.347. The van der Waals surface area contributed by atoms with Crippen molar-refractivity contribution >= 4 is 27.3 Å². The number of hydrogen-bond donors (Lipinski definition) is 1. The van der Waals surface area contributed by atoms with Crippen LogP contribution in [0.3, 0.4) is 0 Å². The van der Waals surface area contributed by atoms with Crippen LogP contribution in [-0.4, -0.2) is 11.7 Å². The van der Waals surface area contributed by atoms with Gasteiger partial charge >= 0.3 is 0 Å². The van der Waals surface area contributed by atoms with Crippen LogP contribution in [0.2, 0.25) is 0 Å². The lowest BCUT2D eigenvalue weighted by Gasteiger charge is -2.20. The Morgan fingerprint density at radius 1 is 1.47 bits per heavy atom. The van der Waals surface area contributed by atoms with E-state index in [1.807, 2.05) is 0 Å². The summed E-state index contributed by atoms with van der Waals surface area (Å²) in [4.78, 5) is 1.40. The average molecular weight is 289 g/mol. The van der Waals surface area contributed by atoms with Gasteiger partial charge in [0.15, 0.2) is 0 Å². The smallest absolute Gasteiger partial charge is 0.0465 e. The Bertz CT molecular complexity index is 304. The van der Waals surface area contributed by atoms with E-state index in [1.54, 1.807) is 11.3 Å². The molecule has 1 nitrogen and oxygen atoms in total. The van der Waals surface area contributed by atoms with Crippen LogP contribution in [0.25, 0.3) is 0 Å². The van der Waals surface area contributed by atoms with Crippen LogP contribution in [0.4, 0.5) is 0 Å². The highest BCUT2D eigenvalue weighted by Crippen LogP contribution is 2.34. The van der Waals surface area contributed by atoms with E-state index in [-0.39, 0.29) is 0 Å². The molecular weight excluding hydrogens is 272 g/mol. The number of thiophene rings is 1. The van der Waals surface area contributed by atoms with E-state index in [4.69, 9.17) is 0 Å². The van der Waals surface area contributed by atoms with E-state index in [2.05, 4.69) is 27.4 Å². The lowest BCUT2D eigenvalue weighted by Crippen LogP contribution is -2.18. The van der Waals surface area contributed by atoms with Gasteiger partial charge in [-0.25, -0.2) is 0 Å². The molecule has 0 amide bonds. The minimum Gasteiger partial charge on any atom is -0.396 e. The van der Waals surface area contributed by atoms with Gasteiger partial charge in [-0.05, 0) is 40.3 Å². The van der Waals surface area contributed by atoms with Crippen molar-refractivity contribution in [1.29, 1.82) is 0 Å². The molecule has 0 bridgehead atoms. The predicted molar refractivity (Wildman–Crippen MR) is 68.3 cm³/mol. The zero-order chi connectivity index (χ0) is 10.7. The summed E-state index contributed by atoms with van der Waals surface area (Å²) in [6, 6.07) is 2.18. The van der Waals surface area contributed by atoms with Crippen LogP contribution < -0.4 is 0 Å². The SMILES string of the molecule is OCC(Cc1cc(Br)cs1)C1CCCC1. The maximum absolute atomic E-state index is 9.45. The largest absolute Gasteiger partial charge is 0.396 e. The van der Waals surface area contributed by atoms with Gasteiger partial charge in [-0.15, -0.1) is 11.3 Å². The molecule has 1 N–H and O–H groups in total. The number of rotatable bonds is 4. The Labute approximate surface area is 104 Å². The van der Waals surface area contributed by atoms with Crippen LogP contribution in [0.5, 0.6) is 0 Å². The van der Waals surface area contributed by atoms with E-state index in [9.17, 15) is 5.11 Å². The lowest BCUT2D eigenvalue weighted by atomic mass is 9.88. The third-order valence-corrected chi connectivity index (χ3v) is 5.11. The quantitative estimate of drug-likeness (QED) is 0.892. The van der Waals surface area contributed by atoms with E-state index in [1.165, 1.54) is 35.0 Å². The molecule has 1 aliphatic carbocycles. The molecule has 1 aromatic heterocycles. The number of aliphatic hydroxyl groups is 1. The van der Waals surface area contributed by atoms with Crippen LogP contribution in [0.1, 0.15) is 30.6 Å². The van der Waals surface area contributed by atoms with Gasteiger partial charge < -0.3 is 5.11 Å². The molecule has 0 spiro atoms. The molecule has 84 valence electrons. The van der Waals surface area contributed by atoms with Crippen molar-refractivity contribution in [2.75, 3.05) is 6.61 Å². The molecule has 0 aliphatic heterocycles. The molecule has 0 radical (unpaired) electrons. The highest BCUT2D eigenvalue weighted by molar-refractivity contribution is 9.10. The summed E-state index contributed by atoms with van der Waals surface area (Å²) in [5.41, 5.74) is 0. The van der Waals surface area contributed by atoms with Crippen molar-refractivity contribution in [2.24, 2.45) is 11.8 Å². The third kappa shape index (κ3) is 3.05. The predicted octanol–water partition coefficient (Wildman–Crippen LogP) is 3.85. The normalized spacial score (nSPS) is 19.6. The second-order valence-electron chi connectivity index (χ2n) is 4.42. The highest BCUT2D eigenvalue weighted by atomic mass is 79.9. The first-order chi connectivity index (χ1) is 7.29. The van der Waals surface area contributed by atoms with Gasteiger partial charge in [-0.2, -0.15) is 0 Å². The van der Waals surface area contributed by atoms with Crippen LogP contribution in [-0.2, 0) is 6.42 Å². The molecule has 1 heterocycles. The summed E-state index contributed by atoms with van der Waals surface area (Å²) in [5, 5.41) is 11.6. The van der Waals surface area contributed by atoms with Crippen molar-refractivity contribution < 1.29 is 5.11 Å². The molecule has 3 heteroatoms. The Hall–Kier alpha value is 0.140. The van der Waals surface area contributed by atoms with E-state index in [0.29, 0.717) is 12.5 Å². The third-order valence-electron chi connectivity index (χ3n) is 3.39. The molecule has 15 heavy (non-hydrogen) atoms. The summed E-state index contributed by atoms with van der Waals surface area (Å²) in [5.74, 6) is 1.24. The van der Waals surface area contributed by atoms with E-state index >= 15 is 0 Å². The maximum Gasteiger partial charge on any atom is 0.0465 e. The second-order valence-corrected chi connectivity index (χ2v) is 6.33. The van der Waals surface area contributed by atoms with Gasteiger partial charge in [0.25, 0.3) is 0 Å². The molecule has 1 fully saturated rings. The number of halogens is 1. The summed E-state index contributed by atoms with van der Waals surface area (Å²) in [6.07, 6.45) is 6.40.